The first-order valence-electron chi connectivity index (χ1n) is 5.56. The standard InChI is InChI=1S/C13H12BrN3/c1-2-9-13-7(6-11(15)16-9)12-8(14)4-3-5-10(12)17-13/h3-6,17H,2H2,1H3,(H2,15,16). The van der Waals surface area contributed by atoms with Crippen LogP contribution in [0.2, 0.25) is 0 Å². The van der Waals surface area contributed by atoms with E-state index in [1.54, 1.807) is 0 Å². The van der Waals surface area contributed by atoms with Crippen molar-refractivity contribution in [3.05, 3.63) is 34.4 Å². The summed E-state index contributed by atoms with van der Waals surface area (Å²) in [5.74, 6) is 0.575. The molecule has 0 unspecified atom stereocenters. The van der Waals surface area contributed by atoms with E-state index < -0.39 is 0 Å². The molecule has 86 valence electrons. The van der Waals surface area contributed by atoms with Crippen LogP contribution in [-0.4, -0.2) is 9.97 Å². The largest absolute Gasteiger partial charge is 0.384 e. The van der Waals surface area contributed by atoms with Crippen molar-refractivity contribution in [1.29, 1.82) is 0 Å². The van der Waals surface area contributed by atoms with Crippen LogP contribution in [0.4, 0.5) is 5.82 Å². The summed E-state index contributed by atoms with van der Waals surface area (Å²) in [4.78, 5) is 7.79. The van der Waals surface area contributed by atoms with Crippen molar-refractivity contribution in [2.45, 2.75) is 13.3 Å². The lowest BCUT2D eigenvalue weighted by atomic mass is 10.1. The molecule has 0 aliphatic rings. The summed E-state index contributed by atoms with van der Waals surface area (Å²) in [6.07, 6.45) is 0.867. The Morgan fingerprint density at radius 1 is 1.41 bits per heavy atom. The maximum absolute atomic E-state index is 5.86. The summed E-state index contributed by atoms with van der Waals surface area (Å²) in [7, 11) is 0. The Balaban J connectivity index is 2.57. The van der Waals surface area contributed by atoms with Gasteiger partial charge in [0, 0.05) is 20.8 Å². The van der Waals surface area contributed by atoms with Crippen molar-refractivity contribution in [2.24, 2.45) is 0 Å². The number of aryl methyl sites for hydroxylation is 1. The number of hydrogen-bond donors (Lipinski definition) is 2. The predicted octanol–water partition coefficient (Wildman–Crippen LogP) is 3.62. The molecular weight excluding hydrogens is 278 g/mol. The molecule has 3 aromatic rings. The number of halogens is 1. The highest BCUT2D eigenvalue weighted by molar-refractivity contribution is 9.10. The Hall–Kier alpha value is -1.55. The zero-order chi connectivity index (χ0) is 12.0. The molecule has 3 rings (SSSR count). The minimum absolute atomic E-state index is 0.575. The number of H-pyrrole nitrogens is 1. The van der Waals surface area contributed by atoms with Gasteiger partial charge in [0.2, 0.25) is 0 Å². The highest BCUT2D eigenvalue weighted by Gasteiger charge is 2.11. The van der Waals surface area contributed by atoms with Crippen molar-refractivity contribution >= 4 is 43.6 Å². The second-order valence-corrected chi connectivity index (χ2v) is 4.91. The van der Waals surface area contributed by atoms with E-state index in [9.17, 15) is 0 Å². The summed E-state index contributed by atoms with van der Waals surface area (Å²) < 4.78 is 1.08. The minimum atomic E-state index is 0.575. The van der Waals surface area contributed by atoms with Gasteiger partial charge in [-0.3, -0.25) is 0 Å². The van der Waals surface area contributed by atoms with Crippen LogP contribution in [0.5, 0.6) is 0 Å². The Morgan fingerprint density at radius 3 is 3.00 bits per heavy atom. The summed E-state index contributed by atoms with van der Waals surface area (Å²) in [6.45, 7) is 2.09. The number of benzene rings is 1. The van der Waals surface area contributed by atoms with Gasteiger partial charge in [-0.15, -0.1) is 0 Å². The van der Waals surface area contributed by atoms with Crippen LogP contribution in [0.1, 0.15) is 12.6 Å². The molecule has 0 saturated carbocycles. The normalized spacial score (nSPS) is 11.4. The number of nitrogen functional groups attached to an aromatic ring is 1. The van der Waals surface area contributed by atoms with Crippen molar-refractivity contribution in [3.8, 4) is 0 Å². The third kappa shape index (κ3) is 1.52. The van der Waals surface area contributed by atoms with Gasteiger partial charge in [0.25, 0.3) is 0 Å². The number of nitrogens with two attached hydrogens (primary N) is 1. The van der Waals surface area contributed by atoms with Crippen LogP contribution in [0.3, 0.4) is 0 Å². The van der Waals surface area contributed by atoms with E-state index in [1.807, 2.05) is 18.2 Å². The maximum atomic E-state index is 5.86. The highest BCUT2D eigenvalue weighted by Crippen LogP contribution is 2.33. The molecule has 0 fully saturated rings. The van der Waals surface area contributed by atoms with E-state index in [0.29, 0.717) is 5.82 Å². The third-order valence-electron chi connectivity index (χ3n) is 2.99. The van der Waals surface area contributed by atoms with Crippen LogP contribution < -0.4 is 5.73 Å². The molecule has 0 spiro atoms. The van der Waals surface area contributed by atoms with Crippen molar-refractivity contribution in [1.82, 2.24) is 9.97 Å². The van der Waals surface area contributed by atoms with Gasteiger partial charge in [0.1, 0.15) is 5.82 Å². The Bertz CT molecular complexity index is 715. The van der Waals surface area contributed by atoms with Gasteiger partial charge >= 0.3 is 0 Å². The monoisotopic (exact) mass is 289 g/mol. The molecule has 1 aromatic carbocycles. The van der Waals surface area contributed by atoms with E-state index in [1.165, 1.54) is 5.39 Å². The molecule has 0 radical (unpaired) electrons. The lowest BCUT2D eigenvalue weighted by Gasteiger charge is -2.01. The Kier molecular flexibility index (Phi) is 2.33. The predicted molar refractivity (Wildman–Crippen MR) is 75.1 cm³/mol. The van der Waals surface area contributed by atoms with Gasteiger partial charge in [-0.2, -0.15) is 0 Å². The summed E-state index contributed by atoms with van der Waals surface area (Å²) in [6, 6.07) is 8.05. The summed E-state index contributed by atoms with van der Waals surface area (Å²) >= 11 is 3.59. The first-order valence-corrected chi connectivity index (χ1v) is 6.35. The molecule has 2 heterocycles. The fraction of sp³-hybridized carbons (Fsp3) is 0.154. The number of pyridine rings is 1. The molecular formula is C13H12BrN3. The number of nitrogens with zero attached hydrogens (tertiary/aromatic N) is 1. The van der Waals surface area contributed by atoms with Gasteiger partial charge in [-0.05, 0) is 24.6 Å². The fourth-order valence-electron chi connectivity index (χ4n) is 2.25. The van der Waals surface area contributed by atoms with E-state index in [-0.39, 0.29) is 0 Å². The van der Waals surface area contributed by atoms with Crippen LogP contribution in [0.25, 0.3) is 21.8 Å². The van der Waals surface area contributed by atoms with Crippen molar-refractivity contribution < 1.29 is 0 Å². The lowest BCUT2D eigenvalue weighted by Crippen LogP contribution is -1.95. The molecule has 0 saturated heterocycles. The van der Waals surface area contributed by atoms with Crippen LogP contribution in [0.15, 0.2) is 28.7 Å². The number of nitrogens with one attached hydrogen (secondary N) is 1. The number of rotatable bonds is 1. The average molecular weight is 290 g/mol. The summed E-state index contributed by atoms with van der Waals surface area (Å²) in [5, 5.41) is 2.31. The quantitative estimate of drug-likeness (QED) is 0.719. The Morgan fingerprint density at radius 2 is 2.24 bits per heavy atom. The number of aromatic nitrogens is 2. The van der Waals surface area contributed by atoms with E-state index in [2.05, 4.69) is 38.9 Å². The zero-order valence-corrected chi connectivity index (χ0v) is 11.0. The SMILES string of the molecule is CCc1nc(N)cc2c1[nH]c1cccc(Br)c12. The van der Waals surface area contributed by atoms with Crippen LogP contribution in [-0.2, 0) is 6.42 Å². The molecule has 0 amide bonds. The van der Waals surface area contributed by atoms with Crippen LogP contribution >= 0.6 is 15.9 Å². The van der Waals surface area contributed by atoms with E-state index in [4.69, 9.17) is 5.73 Å². The second-order valence-electron chi connectivity index (χ2n) is 4.06. The van der Waals surface area contributed by atoms with Gasteiger partial charge in [0.15, 0.2) is 0 Å². The number of anilines is 1. The third-order valence-corrected chi connectivity index (χ3v) is 3.65. The van der Waals surface area contributed by atoms with E-state index >= 15 is 0 Å². The van der Waals surface area contributed by atoms with Gasteiger partial charge in [-0.25, -0.2) is 4.98 Å². The second kappa shape index (κ2) is 3.74. The van der Waals surface area contributed by atoms with E-state index in [0.717, 1.165) is 33.0 Å². The maximum Gasteiger partial charge on any atom is 0.124 e. The molecule has 0 aliphatic carbocycles. The number of hydrogen-bond acceptors (Lipinski definition) is 2. The topological polar surface area (TPSA) is 54.7 Å². The molecule has 3 nitrogen and oxygen atoms in total. The molecule has 0 bridgehead atoms. The average Bonchev–Trinajstić information content (AvgIpc) is 2.67. The van der Waals surface area contributed by atoms with Crippen molar-refractivity contribution in [2.75, 3.05) is 5.73 Å². The molecule has 2 aromatic heterocycles. The van der Waals surface area contributed by atoms with Gasteiger partial charge in [-0.1, -0.05) is 28.9 Å². The van der Waals surface area contributed by atoms with Gasteiger partial charge < -0.3 is 10.7 Å². The molecule has 0 aliphatic heterocycles. The first-order chi connectivity index (χ1) is 8.20. The molecule has 4 heteroatoms. The minimum Gasteiger partial charge on any atom is -0.384 e. The lowest BCUT2D eigenvalue weighted by molar-refractivity contribution is 1.06. The van der Waals surface area contributed by atoms with Gasteiger partial charge in [0.05, 0.1) is 11.2 Å². The van der Waals surface area contributed by atoms with Crippen molar-refractivity contribution in [3.63, 3.8) is 0 Å². The molecule has 17 heavy (non-hydrogen) atoms. The molecule has 0 atom stereocenters. The Labute approximate surface area is 107 Å². The fourth-order valence-corrected chi connectivity index (χ4v) is 2.83. The smallest absolute Gasteiger partial charge is 0.124 e. The first kappa shape index (κ1) is 10.6. The zero-order valence-electron chi connectivity index (χ0n) is 9.42. The molecule has 3 N–H and O–H groups in total. The highest BCUT2D eigenvalue weighted by atomic mass is 79.9. The summed E-state index contributed by atoms with van der Waals surface area (Å²) in [5.41, 5.74) is 9.07. The van der Waals surface area contributed by atoms with Crippen LogP contribution in [0, 0.1) is 0 Å². The number of fused-ring (bicyclic) bond motifs is 3. The number of aromatic amines is 1.